The SMILES string of the molecule is CNCc1c(C)nn(C2CCCC(S(C)(=O)=O)C2)c1C. The van der Waals surface area contributed by atoms with E-state index in [-0.39, 0.29) is 11.3 Å². The Bertz CT molecular complexity index is 577. The van der Waals surface area contributed by atoms with E-state index in [0.29, 0.717) is 6.42 Å². The third-order valence-corrected chi connectivity index (χ3v) is 6.02. The zero-order chi connectivity index (χ0) is 14.9. The number of aromatic nitrogens is 2. The molecule has 0 spiro atoms. The van der Waals surface area contributed by atoms with Gasteiger partial charge in [0.1, 0.15) is 9.84 Å². The maximum atomic E-state index is 11.8. The van der Waals surface area contributed by atoms with Gasteiger partial charge in [0, 0.05) is 24.1 Å². The Morgan fingerprint density at radius 3 is 2.65 bits per heavy atom. The molecule has 1 fully saturated rings. The van der Waals surface area contributed by atoms with Gasteiger partial charge in [0.05, 0.1) is 17.0 Å². The summed E-state index contributed by atoms with van der Waals surface area (Å²) in [6.07, 6.45) is 4.82. The molecule has 1 aliphatic carbocycles. The standard InChI is InChI=1S/C14H25N3O2S/c1-10-14(9-15-3)11(2)17(16-10)12-6-5-7-13(8-12)20(4,18)19/h12-13,15H,5-9H2,1-4H3. The lowest BCUT2D eigenvalue weighted by Gasteiger charge is -2.29. The van der Waals surface area contributed by atoms with Gasteiger partial charge in [-0.25, -0.2) is 8.42 Å². The predicted molar refractivity (Wildman–Crippen MR) is 80.6 cm³/mol. The molecule has 2 atom stereocenters. The summed E-state index contributed by atoms with van der Waals surface area (Å²) in [5.74, 6) is 0. The normalized spacial score (nSPS) is 24.0. The lowest BCUT2D eigenvalue weighted by atomic mass is 9.95. The van der Waals surface area contributed by atoms with E-state index in [0.717, 1.165) is 37.2 Å². The first kappa shape index (κ1) is 15.5. The molecule has 1 saturated carbocycles. The molecule has 2 rings (SSSR count). The van der Waals surface area contributed by atoms with Crippen LogP contribution >= 0.6 is 0 Å². The molecule has 0 amide bonds. The number of rotatable bonds is 4. The van der Waals surface area contributed by atoms with Crippen molar-refractivity contribution in [1.29, 1.82) is 0 Å². The molecule has 1 aliphatic rings. The van der Waals surface area contributed by atoms with Crippen LogP contribution in [0.5, 0.6) is 0 Å². The summed E-state index contributed by atoms with van der Waals surface area (Å²) in [5, 5.41) is 7.61. The minimum absolute atomic E-state index is 0.210. The number of aryl methyl sites for hydroxylation is 1. The third-order valence-electron chi connectivity index (χ3n) is 4.38. The molecule has 2 unspecified atom stereocenters. The zero-order valence-corrected chi connectivity index (χ0v) is 13.6. The Balaban J connectivity index is 2.26. The lowest BCUT2D eigenvalue weighted by molar-refractivity contribution is 0.324. The molecule has 0 aliphatic heterocycles. The van der Waals surface area contributed by atoms with E-state index < -0.39 is 9.84 Å². The predicted octanol–water partition coefficient (Wildman–Crippen LogP) is 1.75. The van der Waals surface area contributed by atoms with Crippen molar-refractivity contribution >= 4 is 9.84 Å². The second-order valence-electron chi connectivity index (χ2n) is 5.90. The van der Waals surface area contributed by atoms with Crippen LogP contribution in [0.25, 0.3) is 0 Å². The van der Waals surface area contributed by atoms with Gasteiger partial charge in [0.15, 0.2) is 0 Å². The highest BCUT2D eigenvalue weighted by Crippen LogP contribution is 2.33. The van der Waals surface area contributed by atoms with E-state index in [2.05, 4.69) is 22.0 Å². The molecule has 6 heteroatoms. The van der Waals surface area contributed by atoms with E-state index in [9.17, 15) is 8.42 Å². The summed E-state index contributed by atoms with van der Waals surface area (Å²) in [6, 6.07) is 0.216. The Labute approximate surface area is 121 Å². The summed E-state index contributed by atoms with van der Waals surface area (Å²) in [4.78, 5) is 0. The monoisotopic (exact) mass is 299 g/mol. The van der Waals surface area contributed by atoms with Crippen LogP contribution in [0.2, 0.25) is 0 Å². The van der Waals surface area contributed by atoms with Crippen LogP contribution in [0.1, 0.15) is 48.7 Å². The maximum Gasteiger partial charge on any atom is 0.150 e. The van der Waals surface area contributed by atoms with Gasteiger partial charge in [-0.1, -0.05) is 6.42 Å². The van der Waals surface area contributed by atoms with Crippen LogP contribution in [0, 0.1) is 13.8 Å². The molecule has 0 aromatic carbocycles. The maximum absolute atomic E-state index is 11.8. The van der Waals surface area contributed by atoms with Crippen LogP contribution in [-0.4, -0.2) is 36.8 Å². The molecule has 1 aromatic heterocycles. The van der Waals surface area contributed by atoms with Crippen molar-refractivity contribution in [2.75, 3.05) is 13.3 Å². The van der Waals surface area contributed by atoms with Gasteiger partial charge in [-0.15, -0.1) is 0 Å². The van der Waals surface area contributed by atoms with Gasteiger partial charge in [0.2, 0.25) is 0 Å². The quantitative estimate of drug-likeness (QED) is 0.920. The van der Waals surface area contributed by atoms with Crippen molar-refractivity contribution < 1.29 is 8.42 Å². The van der Waals surface area contributed by atoms with Gasteiger partial charge >= 0.3 is 0 Å². The minimum Gasteiger partial charge on any atom is -0.316 e. The summed E-state index contributed by atoms with van der Waals surface area (Å²) in [5.41, 5.74) is 3.43. The molecule has 1 N–H and O–H groups in total. The topological polar surface area (TPSA) is 64.0 Å². The van der Waals surface area contributed by atoms with Crippen LogP contribution in [0.15, 0.2) is 0 Å². The van der Waals surface area contributed by atoms with Gasteiger partial charge in [-0.3, -0.25) is 4.68 Å². The Morgan fingerprint density at radius 1 is 1.35 bits per heavy atom. The third kappa shape index (κ3) is 3.06. The molecule has 5 nitrogen and oxygen atoms in total. The Morgan fingerprint density at radius 2 is 2.05 bits per heavy atom. The molecule has 1 heterocycles. The van der Waals surface area contributed by atoms with Crippen molar-refractivity contribution in [2.45, 2.75) is 57.4 Å². The molecular weight excluding hydrogens is 274 g/mol. The van der Waals surface area contributed by atoms with E-state index in [4.69, 9.17) is 0 Å². The first-order valence-electron chi connectivity index (χ1n) is 7.22. The van der Waals surface area contributed by atoms with Gasteiger partial charge < -0.3 is 5.32 Å². The second kappa shape index (κ2) is 5.85. The summed E-state index contributed by atoms with van der Waals surface area (Å²) in [7, 11) is -1.02. The molecule has 0 saturated heterocycles. The number of hydrogen-bond acceptors (Lipinski definition) is 4. The van der Waals surface area contributed by atoms with E-state index in [1.54, 1.807) is 0 Å². The lowest BCUT2D eigenvalue weighted by Crippen LogP contribution is -2.29. The van der Waals surface area contributed by atoms with Crippen molar-refractivity contribution in [3.63, 3.8) is 0 Å². The highest BCUT2D eigenvalue weighted by Gasteiger charge is 2.31. The Hall–Kier alpha value is -0.880. The first-order chi connectivity index (χ1) is 9.34. The second-order valence-corrected chi connectivity index (χ2v) is 8.22. The first-order valence-corrected chi connectivity index (χ1v) is 9.18. The van der Waals surface area contributed by atoms with Crippen LogP contribution in [0.4, 0.5) is 0 Å². The van der Waals surface area contributed by atoms with Crippen molar-refractivity contribution in [3.05, 3.63) is 17.0 Å². The summed E-state index contributed by atoms with van der Waals surface area (Å²) >= 11 is 0. The fraction of sp³-hybridized carbons (Fsp3) is 0.786. The smallest absolute Gasteiger partial charge is 0.150 e. The van der Waals surface area contributed by atoms with Crippen LogP contribution in [0.3, 0.4) is 0 Å². The number of sulfone groups is 1. The van der Waals surface area contributed by atoms with Crippen molar-refractivity contribution in [1.82, 2.24) is 15.1 Å². The minimum atomic E-state index is -2.95. The van der Waals surface area contributed by atoms with Crippen LogP contribution < -0.4 is 5.32 Å². The van der Waals surface area contributed by atoms with E-state index in [1.165, 1.54) is 11.8 Å². The Kier molecular flexibility index (Phi) is 4.54. The summed E-state index contributed by atoms with van der Waals surface area (Å²) < 4.78 is 25.6. The molecular formula is C14H25N3O2S. The molecule has 114 valence electrons. The highest BCUT2D eigenvalue weighted by molar-refractivity contribution is 7.91. The molecule has 1 aromatic rings. The molecule has 0 bridgehead atoms. The van der Waals surface area contributed by atoms with Gasteiger partial charge in [-0.2, -0.15) is 5.10 Å². The fourth-order valence-corrected chi connectivity index (χ4v) is 4.38. The number of hydrogen-bond donors (Lipinski definition) is 1. The fourth-order valence-electron chi connectivity index (χ4n) is 3.22. The van der Waals surface area contributed by atoms with Crippen molar-refractivity contribution in [3.8, 4) is 0 Å². The average molecular weight is 299 g/mol. The zero-order valence-electron chi connectivity index (χ0n) is 12.8. The highest BCUT2D eigenvalue weighted by atomic mass is 32.2. The van der Waals surface area contributed by atoms with Crippen molar-refractivity contribution in [2.24, 2.45) is 0 Å². The van der Waals surface area contributed by atoms with Crippen LogP contribution in [-0.2, 0) is 16.4 Å². The average Bonchev–Trinajstić information content (AvgIpc) is 2.66. The van der Waals surface area contributed by atoms with Gasteiger partial charge in [-0.05, 0) is 40.2 Å². The molecule has 20 heavy (non-hydrogen) atoms. The van der Waals surface area contributed by atoms with Gasteiger partial charge in [0.25, 0.3) is 0 Å². The summed E-state index contributed by atoms with van der Waals surface area (Å²) in [6.45, 7) is 4.91. The van der Waals surface area contributed by atoms with E-state index in [1.807, 2.05) is 14.0 Å². The number of nitrogens with zero attached hydrogens (tertiary/aromatic N) is 2. The number of nitrogens with one attached hydrogen (secondary N) is 1. The largest absolute Gasteiger partial charge is 0.316 e. The molecule has 0 radical (unpaired) electrons. The van der Waals surface area contributed by atoms with E-state index >= 15 is 0 Å².